The van der Waals surface area contributed by atoms with Crippen molar-refractivity contribution < 1.29 is 13.2 Å². The zero-order valence-electron chi connectivity index (χ0n) is 11.6. The van der Waals surface area contributed by atoms with Gasteiger partial charge in [0.15, 0.2) is 0 Å². The van der Waals surface area contributed by atoms with Crippen LogP contribution >= 0.6 is 0 Å². The number of fused-ring (bicyclic) bond motifs is 1. The van der Waals surface area contributed by atoms with Crippen LogP contribution in [0.2, 0.25) is 0 Å². The van der Waals surface area contributed by atoms with Crippen molar-refractivity contribution in [3.05, 3.63) is 71.0 Å². The number of rotatable bonds is 3. The highest BCUT2D eigenvalue weighted by Crippen LogP contribution is 2.27. The molecule has 1 aromatic heterocycles. The molecule has 2 nitrogen and oxygen atoms in total. The van der Waals surface area contributed by atoms with Gasteiger partial charge in [0.2, 0.25) is 0 Å². The minimum atomic E-state index is -0.599. The number of hydrogen-bond donors (Lipinski definition) is 1. The first kappa shape index (κ1) is 13.8. The van der Waals surface area contributed by atoms with E-state index in [1.807, 2.05) is 31.2 Å². The van der Waals surface area contributed by atoms with Gasteiger partial charge in [0.25, 0.3) is 0 Å². The molecule has 1 unspecified atom stereocenters. The van der Waals surface area contributed by atoms with E-state index in [4.69, 9.17) is 10.2 Å². The molecule has 3 aromatic rings. The summed E-state index contributed by atoms with van der Waals surface area (Å²) < 4.78 is 32.2. The lowest BCUT2D eigenvalue weighted by Crippen LogP contribution is -2.12. The number of hydrogen-bond acceptors (Lipinski definition) is 2. The third kappa shape index (κ3) is 2.81. The van der Waals surface area contributed by atoms with Crippen LogP contribution in [0.15, 0.2) is 46.9 Å². The molecule has 0 saturated heterocycles. The van der Waals surface area contributed by atoms with Crippen LogP contribution in [0, 0.1) is 18.6 Å². The summed E-state index contributed by atoms with van der Waals surface area (Å²) in [5.41, 5.74) is 8.44. The average Bonchev–Trinajstić information content (AvgIpc) is 2.83. The Bertz CT molecular complexity index is 774. The third-order valence-corrected chi connectivity index (χ3v) is 3.50. The molecule has 2 N–H and O–H groups in total. The Balaban J connectivity index is 1.89. The van der Waals surface area contributed by atoms with Gasteiger partial charge in [-0.15, -0.1) is 0 Å². The van der Waals surface area contributed by atoms with Crippen LogP contribution in [-0.4, -0.2) is 0 Å². The highest BCUT2D eigenvalue weighted by atomic mass is 19.1. The Labute approximate surface area is 121 Å². The summed E-state index contributed by atoms with van der Waals surface area (Å²) in [5.74, 6) is -0.584. The molecule has 0 spiro atoms. The highest BCUT2D eigenvalue weighted by Gasteiger charge is 2.14. The van der Waals surface area contributed by atoms with Crippen molar-refractivity contribution in [3.63, 3.8) is 0 Å². The van der Waals surface area contributed by atoms with Crippen LogP contribution in [0.5, 0.6) is 0 Å². The van der Waals surface area contributed by atoms with Gasteiger partial charge in [-0.25, -0.2) is 8.78 Å². The first-order chi connectivity index (χ1) is 10.0. The van der Waals surface area contributed by atoms with Gasteiger partial charge in [0.05, 0.1) is 6.04 Å². The second kappa shape index (κ2) is 5.30. The lowest BCUT2D eigenvalue weighted by atomic mass is 10.0. The monoisotopic (exact) mass is 287 g/mol. The summed E-state index contributed by atoms with van der Waals surface area (Å²) >= 11 is 0. The predicted octanol–water partition coefficient (Wildman–Crippen LogP) is 4.26. The van der Waals surface area contributed by atoms with Gasteiger partial charge < -0.3 is 10.2 Å². The van der Waals surface area contributed by atoms with Gasteiger partial charge in [0, 0.05) is 11.5 Å². The summed E-state index contributed by atoms with van der Waals surface area (Å²) in [4.78, 5) is 0. The van der Waals surface area contributed by atoms with E-state index < -0.39 is 17.7 Å². The van der Waals surface area contributed by atoms with Crippen molar-refractivity contribution in [2.24, 2.45) is 5.73 Å². The van der Waals surface area contributed by atoms with Crippen molar-refractivity contribution in [1.29, 1.82) is 0 Å². The second-order valence-corrected chi connectivity index (χ2v) is 5.23. The largest absolute Gasteiger partial charge is 0.459 e. The molecule has 0 bridgehead atoms. The lowest BCUT2D eigenvalue weighted by molar-refractivity contribution is 0.490. The molecule has 0 aliphatic carbocycles. The molecule has 4 heteroatoms. The van der Waals surface area contributed by atoms with Gasteiger partial charge in [0.1, 0.15) is 23.0 Å². The van der Waals surface area contributed by atoms with Crippen molar-refractivity contribution in [3.8, 4) is 0 Å². The quantitative estimate of drug-likeness (QED) is 0.781. The summed E-state index contributed by atoms with van der Waals surface area (Å²) in [6.45, 7) is 1.96. The molecular formula is C17H15F2NO. The number of halogens is 2. The van der Waals surface area contributed by atoms with Gasteiger partial charge in [-0.3, -0.25) is 0 Å². The Hall–Kier alpha value is -2.20. The number of benzene rings is 2. The molecule has 0 aliphatic rings. The summed E-state index contributed by atoms with van der Waals surface area (Å²) in [7, 11) is 0. The van der Waals surface area contributed by atoms with Gasteiger partial charge in [-0.2, -0.15) is 0 Å². The highest BCUT2D eigenvalue weighted by molar-refractivity contribution is 5.81. The molecule has 2 aromatic carbocycles. The van der Waals surface area contributed by atoms with Crippen LogP contribution in [0.1, 0.15) is 22.9 Å². The molecule has 21 heavy (non-hydrogen) atoms. The first-order valence-electron chi connectivity index (χ1n) is 6.72. The van der Waals surface area contributed by atoms with Crippen LogP contribution < -0.4 is 5.73 Å². The fourth-order valence-corrected chi connectivity index (χ4v) is 2.49. The molecule has 3 rings (SSSR count). The normalized spacial score (nSPS) is 12.8. The molecule has 0 aliphatic heterocycles. The molecule has 1 heterocycles. The van der Waals surface area contributed by atoms with E-state index in [9.17, 15) is 8.78 Å². The molecule has 0 radical (unpaired) electrons. The van der Waals surface area contributed by atoms with Gasteiger partial charge in [-0.1, -0.05) is 18.2 Å². The smallest absolute Gasteiger partial charge is 0.137 e. The minimum absolute atomic E-state index is 0.313. The maximum Gasteiger partial charge on any atom is 0.137 e. The summed E-state index contributed by atoms with van der Waals surface area (Å²) in [5, 5.41) is 0.978. The lowest BCUT2D eigenvalue weighted by Gasteiger charge is -2.09. The SMILES string of the molecule is Cc1cccc2cc(C(N)Cc3cc(F)cc(F)c3)oc12. The number of para-hydroxylation sites is 1. The Morgan fingerprint density at radius 1 is 1.10 bits per heavy atom. The van der Waals surface area contributed by atoms with Crippen LogP contribution in [0.3, 0.4) is 0 Å². The number of nitrogens with two attached hydrogens (primary N) is 1. The van der Waals surface area contributed by atoms with Crippen LogP contribution in [0.25, 0.3) is 11.0 Å². The van der Waals surface area contributed by atoms with Gasteiger partial charge in [-0.05, 0) is 42.7 Å². The zero-order valence-corrected chi connectivity index (χ0v) is 11.6. The average molecular weight is 287 g/mol. The van der Waals surface area contributed by atoms with E-state index in [2.05, 4.69) is 0 Å². The van der Waals surface area contributed by atoms with E-state index in [1.54, 1.807) is 0 Å². The van der Waals surface area contributed by atoms with Crippen LogP contribution in [-0.2, 0) is 6.42 Å². The van der Waals surface area contributed by atoms with Crippen molar-refractivity contribution >= 4 is 11.0 Å². The first-order valence-corrected chi connectivity index (χ1v) is 6.72. The summed E-state index contributed by atoms with van der Waals surface area (Å²) in [6, 6.07) is 10.7. The molecule has 0 fully saturated rings. The standard InChI is InChI=1S/C17H15F2NO/c1-10-3-2-4-12-8-16(21-17(10)12)15(20)7-11-5-13(18)9-14(19)6-11/h2-6,8-9,15H,7,20H2,1H3. The predicted molar refractivity (Wildman–Crippen MR) is 77.9 cm³/mol. The molecule has 0 saturated carbocycles. The van der Waals surface area contributed by atoms with E-state index in [0.717, 1.165) is 22.6 Å². The Morgan fingerprint density at radius 3 is 2.48 bits per heavy atom. The Kier molecular flexibility index (Phi) is 3.47. The van der Waals surface area contributed by atoms with E-state index in [-0.39, 0.29) is 0 Å². The fourth-order valence-electron chi connectivity index (χ4n) is 2.49. The third-order valence-electron chi connectivity index (χ3n) is 3.50. The fraction of sp³-hybridized carbons (Fsp3) is 0.176. The number of aryl methyl sites for hydroxylation is 1. The number of furan rings is 1. The topological polar surface area (TPSA) is 39.2 Å². The summed E-state index contributed by atoms with van der Waals surface area (Å²) in [6.07, 6.45) is 0.313. The van der Waals surface area contributed by atoms with Crippen molar-refractivity contribution in [1.82, 2.24) is 0 Å². The van der Waals surface area contributed by atoms with E-state index >= 15 is 0 Å². The Morgan fingerprint density at radius 2 is 1.81 bits per heavy atom. The van der Waals surface area contributed by atoms with E-state index in [0.29, 0.717) is 17.7 Å². The minimum Gasteiger partial charge on any atom is -0.459 e. The maximum atomic E-state index is 13.2. The molecule has 108 valence electrons. The second-order valence-electron chi connectivity index (χ2n) is 5.23. The van der Waals surface area contributed by atoms with Gasteiger partial charge >= 0.3 is 0 Å². The maximum absolute atomic E-state index is 13.2. The van der Waals surface area contributed by atoms with Crippen LogP contribution in [0.4, 0.5) is 8.78 Å². The molecular weight excluding hydrogens is 272 g/mol. The van der Waals surface area contributed by atoms with E-state index in [1.165, 1.54) is 12.1 Å². The zero-order chi connectivity index (χ0) is 15.0. The van der Waals surface area contributed by atoms with Crippen molar-refractivity contribution in [2.75, 3.05) is 0 Å². The van der Waals surface area contributed by atoms with Crippen molar-refractivity contribution in [2.45, 2.75) is 19.4 Å². The molecule has 0 amide bonds. The molecule has 1 atom stereocenters.